The fourth-order valence-electron chi connectivity index (χ4n) is 3.07. The van der Waals surface area contributed by atoms with Crippen molar-refractivity contribution in [1.29, 1.82) is 0 Å². The Morgan fingerprint density at radius 1 is 1.42 bits per heavy atom. The predicted molar refractivity (Wildman–Crippen MR) is 95.3 cm³/mol. The number of amides is 1. The van der Waals surface area contributed by atoms with Gasteiger partial charge in [0.2, 0.25) is 5.91 Å². The molecule has 24 heavy (non-hydrogen) atoms. The van der Waals surface area contributed by atoms with E-state index >= 15 is 0 Å². The smallest absolute Gasteiger partial charge is 0.330 e. The summed E-state index contributed by atoms with van der Waals surface area (Å²) in [5.74, 6) is 0.591. The topological polar surface area (TPSA) is 84.2 Å². The first kappa shape index (κ1) is 18.8. The minimum Gasteiger partial charge on any atom is -0.479 e. The van der Waals surface area contributed by atoms with E-state index in [1.54, 1.807) is 11.8 Å². The van der Waals surface area contributed by atoms with E-state index in [4.69, 9.17) is 0 Å². The van der Waals surface area contributed by atoms with Crippen LogP contribution in [0.4, 0.5) is 0 Å². The second kappa shape index (κ2) is 7.59. The Bertz CT molecular complexity index is 619. The quantitative estimate of drug-likeness (QED) is 0.785. The largest absolute Gasteiger partial charge is 0.479 e. The minimum atomic E-state index is -1.09. The molecule has 1 aromatic heterocycles. The van der Waals surface area contributed by atoms with Crippen molar-refractivity contribution < 1.29 is 14.7 Å². The molecule has 7 heteroatoms. The molecule has 1 fully saturated rings. The Kier molecular flexibility index (Phi) is 5.96. The second-order valence-corrected chi connectivity index (χ2v) is 8.07. The van der Waals surface area contributed by atoms with Crippen molar-refractivity contribution in [3.05, 3.63) is 17.0 Å². The Morgan fingerprint density at radius 3 is 2.67 bits per heavy atom. The van der Waals surface area contributed by atoms with Gasteiger partial charge in [-0.3, -0.25) is 9.48 Å². The lowest BCUT2D eigenvalue weighted by Gasteiger charge is -2.24. The van der Waals surface area contributed by atoms with Crippen molar-refractivity contribution >= 4 is 23.6 Å². The number of carboxylic acid groups (broad SMARTS) is 1. The van der Waals surface area contributed by atoms with Crippen LogP contribution in [0.25, 0.3) is 0 Å². The number of rotatable bonds is 7. The van der Waals surface area contributed by atoms with Crippen LogP contribution in [-0.4, -0.2) is 43.8 Å². The maximum Gasteiger partial charge on any atom is 0.330 e. The first-order valence-corrected chi connectivity index (χ1v) is 9.55. The highest BCUT2D eigenvalue weighted by Crippen LogP contribution is 2.28. The van der Waals surface area contributed by atoms with E-state index in [0.29, 0.717) is 24.5 Å². The molecule has 0 saturated carbocycles. The fraction of sp³-hybridized carbons (Fsp3) is 0.706. The molecule has 1 amide bonds. The van der Waals surface area contributed by atoms with Gasteiger partial charge in [0.1, 0.15) is 5.54 Å². The number of nitrogens with one attached hydrogen (secondary N) is 1. The van der Waals surface area contributed by atoms with Gasteiger partial charge in [-0.2, -0.15) is 16.9 Å². The van der Waals surface area contributed by atoms with Crippen molar-refractivity contribution in [3.63, 3.8) is 0 Å². The van der Waals surface area contributed by atoms with Gasteiger partial charge in [0.15, 0.2) is 0 Å². The van der Waals surface area contributed by atoms with E-state index in [-0.39, 0.29) is 12.3 Å². The van der Waals surface area contributed by atoms with Crippen LogP contribution in [-0.2, 0) is 22.6 Å². The molecule has 0 bridgehead atoms. The Morgan fingerprint density at radius 2 is 2.12 bits per heavy atom. The molecule has 2 heterocycles. The Hall–Kier alpha value is -1.50. The Balaban J connectivity index is 1.99. The molecule has 134 valence electrons. The van der Waals surface area contributed by atoms with Crippen LogP contribution in [0.15, 0.2) is 0 Å². The molecule has 0 aliphatic carbocycles. The molecule has 0 spiro atoms. The fourth-order valence-corrected chi connectivity index (χ4v) is 4.40. The molecule has 0 aromatic carbocycles. The van der Waals surface area contributed by atoms with Gasteiger partial charge in [0.25, 0.3) is 0 Å². The van der Waals surface area contributed by atoms with Crippen LogP contribution < -0.4 is 5.32 Å². The number of hydrogen-bond acceptors (Lipinski definition) is 4. The molecule has 2 N–H and O–H groups in total. The molecule has 1 aliphatic rings. The van der Waals surface area contributed by atoms with Gasteiger partial charge in [0.05, 0.1) is 5.69 Å². The van der Waals surface area contributed by atoms with Crippen LogP contribution in [0.1, 0.15) is 43.6 Å². The zero-order valence-corrected chi connectivity index (χ0v) is 15.7. The number of aromatic nitrogens is 2. The third-order valence-electron chi connectivity index (χ3n) is 4.48. The molecular weight excluding hydrogens is 326 g/mol. The molecule has 1 saturated heterocycles. The lowest BCUT2D eigenvalue weighted by molar-refractivity contribution is -0.146. The van der Waals surface area contributed by atoms with E-state index in [1.807, 2.05) is 18.5 Å². The van der Waals surface area contributed by atoms with Crippen LogP contribution in [0, 0.1) is 19.8 Å². The van der Waals surface area contributed by atoms with Crippen molar-refractivity contribution in [2.75, 3.05) is 11.5 Å². The van der Waals surface area contributed by atoms with Crippen LogP contribution in [0.2, 0.25) is 0 Å². The van der Waals surface area contributed by atoms with Gasteiger partial charge < -0.3 is 10.4 Å². The molecule has 1 aromatic rings. The zero-order chi connectivity index (χ0) is 17.9. The number of aliphatic carboxylic acids is 1. The van der Waals surface area contributed by atoms with E-state index in [9.17, 15) is 14.7 Å². The molecule has 1 aliphatic heterocycles. The number of carbonyl (C=O) groups excluding carboxylic acids is 1. The minimum absolute atomic E-state index is 0.199. The highest BCUT2D eigenvalue weighted by Gasteiger charge is 2.43. The van der Waals surface area contributed by atoms with E-state index in [2.05, 4.69) is 24.3 Å². The van der Waals surface area contributed by atoms with Gasteiger partial charge in [-0.05, 0) is 43.9 Å². The summed E-state index contributed by atoms with van der Waals surface area (Å²) < 4.78 is 2.00. The van der Waals surface area contributed by atoms with Gasteiger partial charge >= 0.3 is 5.97 Å². The number of nitrogens with zero attached hydrogens (tertiary/aromatic N) is 2. The highest BCUT2D eigenvalue weighted by molar-refractivity contribution is 7.99. The first-order valence-electron chi connectivity index (χ1n) is 8.40. The summed E-state index contributed by atoms with van der Waals surface area (Å²) in [6, 6.07) is 0. The van der Waals surface area contributed by atoms with Crippen molar-refractivity contribution in [3.8, 4) is 0 Å². The lowest BCUT2D eigenvalue weighted by Crippen LogP contribution is -2.54. The average molecular weight is 353 g/mol. The molecule has 2 rings (SSSR count). The summed E-state index contributed by atoms with van der Waals surface area (Å²) in [4.78, 5) is 23.8. The van der Waals surface area contributed by atoms with E-state index in [1.165, 1.54) is 0 Å². The molecule has 1 unspecified atom stereocenters. The number of hydrogen-bond donors (Lipinski definition) is 2. The number of aryl methyl sites for hydroxylation is 1. The molecule has 0 radical (unpaired) electrons. The summed E-state index contributed by atoms with van der Waals surface area (Å²) >= 11 is 1.57. The summed E-state index contributed by atoms with van der Waals surface area (Å²) in [7, 11) is 0. The number of carboxylic acids is 1. The summed E-state index contributed by atoms with van der Waals surface area (Å²) in [5.41, 5.74) is 2.05. The van der Waals surface area contributed by atoms with Gasteiger partial charge in [-0.1, -0.05) is 13.8 Å². The highest BCUT2D eigenvalue weighted by atomic mass is 32.2. The molecule has 1 atom stereocenters. The van der Waals surface area contributed by atoms with Crippen LogP contribution in [0.3, 0.4) is 0 Å². The van der Waals surface area contributed by atoms with Crippen LogP contribution >= 0.6 is 11.8 Å². The molecular formula is C17H27N3O3S. The average Bonchev–Trinajstić information content (AvgIpc) is 3.04. The predicted octanol–water partition coefficient (Wildman–Crippen LogP) is 2.17. The summed E-state index contributed by atoms with van der Waals surface area (Å²) in [6.45, 7) is 9.15. The molecule has 6 nitrogen and oxygen atoms in total. The third kappa shape index (κ3) is 4.12. The SMILES string of the molecule is Cc1nn(CC(C)C)c(C)c1CCC(=O)NC1(C(=O)O)CCSC1. The van der Waals surface area contributed by atoms with Gasteiger partial charge in [-0.15, -0.1) is 0 Å². The third-order valence-corrected chi connectivity index (χ3v) is 5.67. The van der Waals surface area contributed by atoms with Crippen molar-refractivity contribution in [1.82, 2.24) is 15.1 Å². The Labute approximate surface area is 147 Å². The second-order valence-electron chi connectivity index (χ2n) is 6.96. The normalized spacial score (nSPS) is 20.5. The summed E-state index contributed by atoms with van der Waals surface area (Å²) in [6.07, 6.45) is 1.36. The van der Waals surface area contributed by atoms with E-state index < -0.39 is 11.5 Å². The van der Waals surface area contributed by atoms with Crippen molar-refractivity contribution in [2.24, 2.45) is 5.92 Å². The van der Waals surface area contributed by atoms with E-state index in [0.717, 1.165) is 29.2 Å². The van der Waals surface area contributed by atoms with Crippen LogP contribution in [0.5, 0.6) is 0 Å². The summed E-state index contributed by atoms with van der Waals surface area (Å²) in [5, 5.41) is 16.7. The standard InChI is InChI=1S/C17H27N3O3S/c1-11(2)9-20-13(4)14(12(3)19-20)5-6-15(21)18-17(16(22)23)7-8-24-10-17/h11H,5-10H2,1-4H3,(H,18,21)(H,22,23). The maximum absolute atomic E-state index is 12.3. The van der Waals surface area contributed by atoms with Crippen molar-refractivity contribution in [2.45, 2.75) is 59.0 Å². The lowest BCUT2D eigenvalue weighted by atomic mass is 9.98. The first-order chi connectivity index (χ1) is 11.2. The van der Waals surface area contributed by atoms with Gasteiger partial charge in [0, 0.05) is 24.4 Å². The number of carbonyl (C=O) groups is 2. The zero-order valence-electron chi connectivity index (χ0n) is 14.9. The monoisotopic (exact) mass is 353 g/mol. The maximum atomic E-state index is 12.3. The number of thioether (sulfide) groups is 1. The van der Waals surface area contributed by atoms with Gasteiger partial charge in [-0.25, -0.2) is 4.79 Å².